The lowest BCUT2D eigenvalue weighted by atomic mass is 10.1. The van der Waals surface area contributed by atoms with Crippen LogP contribution in [0.2, 0.25) is 0 Å². The van der Waals surface area contributed by atoms with Gasteiger partial charge in [0, 0.05) is 10.8 Å². The van der Waals surface area contributed by atoms with E-state index in [9.17, 15) is 0 Å². The number of unbranched alkanes of at least 4 members (excludes halogenated alkanes) is 4. The Labute approximate surface area is 250 Å². The van der Waals surface area contributed by atoms with Crippen LogP contribution in [-0.4, -0.2) is 22.6 Å². The molecule has 0 aliphatic carbocycles. The van der Waals surface area contributed by atoms with E-state index < -0.39 is 0 Å². The molecule has 6 heteroatoms. The Morgan fingerprint density at radius 3 is 1.38 bits per heavy atom. The largest absolute Gasteiger partial charge is 0.259 e. The van der Waals surface area contributed by atoms with Crippen LogP contribution in [0.3, 0.4) is 0 Å². The van der Waals surface area contributed by atoms with Crippen LogP contribution in [0.1, 0.15) is 76.3 Å². The van der Waals surface area contributed by atoms with Gasteiger partial charge in [-0.25, -0.2) is 0 Å². The zero-order chi connectivity index (χ0) is 29.2. The minimum atomic E-state index is 0.605. The van der Waals surface area contributed by atoms with Gasteiger partial charge in [-0.05, 0) is 48.0 Å². The molecule has 0 radical (unpaired) electrons. The van der Waals surface area contributed by atoms with Gasteiger partial charge in [0.1, 0.15) is 0 Å². The first-order chi connectivity index (χ1) is 20.8. The van der Waals surface area contributed by atoms with Gasteiger partial charge in [-0.1, -0.05) is 137 Å². The Balaban J connectivity index is 1.49. The molecular formula is C36H42N6. The van der Waals surface area contributed by atoms with Gasteiger partial charge in [-0.15, -0.1) is 10.2 Å². The summed E-state index contributed by atoms with van der Waals surface area (Å²) in [5.74, 6) is 1.21. The van der Waals surface area contributed by atoms with Crippen molar-refractivity contribution in [2.24, 2.45) is 10.2 Å². The fourth-order valence-corrected chi connectivity index (χ4v) is 4.65. The Morgan fingerprint density at radius 1 is 0.571 bits per heavy atom. The van der Waals surface area contributed by atoms with Crippen molar-refractivity contribution in [3.8, 4) is 0 Å². The third-order valence-electron chi connectivity index (χ3n) is 6.93. The summed E-state index contributed by atoms with van der Waals surface area (Å²) in [6.07, 6.45) is 17.1. The van der Waals surface area contributed by atoms with E-state index >= 15 is 0 Å². The SMILES string of the molecule is CCCCCC(=C/c1ccccc1)/C=N/Nc1nnc(N/N=C/C(=C/c2ccccc2)CCCCC)c2ccccc12. The van der Waals surface area contributed by atoms with Crippen LogP contribution < -0.4 is 10.9 Å². The highest BCUT2D eigenvalue weighted by Crippen LogP contribution is 2.26. The highest BCUT2D eigenvalue weighted by atomic mass is 15.4. The number of aromatic nitrogens is 2. The summed E-state index contributed by atoms with van der Waals surface area (Å²) in [6.45, 7) is 4.44. The van der Waals surface area contributed by atoms with E-state index in [1.54, 1.807) is 0 Å². The molecule has 0 aliphatic rings. The molecule has 4 aromatic rings. The molecule has 0 unspecified atom stereocenters. The molecule has 0 saturated carbocycles. The minimum absolute atomic E-state index is 0.605. The third kappa shape index (κ3) is 9.81. The first-order valence-corrected chi connectivity index (χ1v) is 15.1. The molecule has 0 fully saturated rings. The monoisotopic (exact) mass is 558 g/mol. The molecule has 1 heterocycles. The van der Waals surface area contributed by atoms with Crippen molar-refractivity contribution >= 4 is 47.0 Å². The molecular weight excluding hydrogens is 516 g/mol. The molecule has 0 spiro atoms. The quantitative estimate of drug-likeness (QED) is 0.0815. The van der Waals surface area contributed by atoms with Crippen LogP contribution in [0.25, 0.3) is 22.9 Å². The predicted octanol–water partition coefficient (Wildman–Crippen LogP) is 9.75. The van der Waals surface area contributed by atoms with Gasteiger partial charge in [-0.3, -0.25) is 10.9 Å². The fourth-order valence-electron chi connectivity index (χ4n) is 4.65. The zero-order valence-corrected chi connectivity index (χ0v) is 24.8. The van der Waals surface area contributed by atoms with E-state index in [-0.39, 0.29) is 0 Å². The van der Waals surface area contributed by atoms with Gasteiger partial charge in [0.15, 0.2) is 11.6 Å². The van der Waals surface area contributed by atoms with Crippen molar-refractivity contribution in [3.63, 3.8) is 0 Å². The summed E-state index contributed by atoms with van der Waals surface area (Å²) >= 11 is 0. The van der Waals surface area contributed by atoms with E-state index in [4.69, 9.17) is 0 Å². The van der Waals surface area contributed by atoms with Crippen molar-refractivity contribution in [1.82, 2.24) is 10.2 Å². The van der Waals surface area contributed by atoms with Crippen molar-refractivity contribution in [1.29, 1.82) is 0 Å². The second kappa shape index (κ2) is 17.3. The number of hydrazone groups is 2. The van der Waals surface area contributed by atoms with Crippen LogP contribution in [0.4, 0.5) is 11.6 Å². The molecule has 0 atom stereocenters. The average Bonchev–Trinajstić information content (AvgIpc) is 3.03. The summed E-state index contributed by atoms with van der Waals surface area (Å²) in [5.41, 5.74) is 10.9. The third-order valence-corrected chi connectivity index (χ3v) is 6.93. The summed E-state index contributed by atoms with van der Waals surface area (Å²) in [4.78, 5) is 0. The molecule has 2 N–H and O–H groups in total. The first kappa shape index (κ1) is 30.4. The number of nitrogens with zero attached hydrogens (tertiary/aromatic N) is 4. The maximum Gasteiger partial charge on any atom is 0.176 e. The van der Waals surface area contributed by atoms with Crippen LogP contribution in [0, 0.1) is 0 Å². The number of allylic oxidation sites excluding steroid dienone is 2. The van der Waals surface area contributed by atoms with Gasteiger partial charge in [0.2, 0.25) is 0 Å². The number of rotatable bonds is 16. The maximum atomic E-state index is 4.55. The molecule has 0 saturated heterocycles. The summed E-state index contributed by atoms with van der Waals surface area (Å²) in [5, 5.41) is 19.8. The van der Waals surface area contributed by atoms with Gasteiger partial charge in [0.25, 0.3) is 0 Å². The molecule has 6 nitrogen and oxygen atoms in total. The average molecular weight is 559 g/mol. The van der Waals surface area contributed by atoms with Crippen molar-refractivity contribution < 1.29 is 0 Å². The molecule has 216 valence electrons. The Hall–Kier alpha value is -4.58. The molecule has 0 amide bonds. The molecule has 42 heavy (non-hydrogen) atoms. The zero-order valence-electron chi connectivity index (χ0n) is 24.8. The summed E-state index contributed by atoms with van der Waals surface area (Å²) in [7, 11) is 0. The minimum Gasteiger partial charge on any atom is -0.259 e. The molecule has 4 rings (SSSR count). The number of hydrogen-bond acceptors (Lipinski definition) is 6. The van der Waals surface area contributed by atoms with Crippen molar-refractivity contribution in [3.05, 3.63) is 107 Å². The number of nitrogens with one attached hydrogen (secondary N) is 2. The highest BCUT2D eigenvalue weighted by molar-refractivity contribution is 5.99. The predicted molar refractivity (Wildman–Crippen MR) is 181 cm³/mol. The molecule has 3 aromatic carbocycles. The van der Waals surface area contributed by atoms with Gasteiger partial charge < -0.3 is 0 Å². The normalized spacial score (nSPS) is 12.4. The Morgan fingerprint density at radius 2 is 0.976 bits per heavy atom. The highest BCUT2D eigenvalue weighted by Gasteiger charge is 2.08. The van der Waals surface area contributed by atoms with E-state index in [1.165, 1.54) is 48.0 Å². The van der Waals surface area contributed by atoms with Crippen molar-refractivity contribution in [2.75, 3.05) is 10.9 Å². The smallest absolute Gasteiger partial charge is 0.176 e. The molecule has 1 aromatic heterocycles. The van der Waals surface area contributed by atoms with Gasteiger partial charge >= 0.3 is 0 Å². The van der Waals surface area contributed by atoms with Crippen LogP contribution in [0.5, 0.6) is 0 Å². The number of fused-ring (bicyclic) bond motifs is 1. The lowest BCUT2D eigenvalue weighted by molar-refractivity contribution is 0.724. The fraction of sp³-hybridized carbons (Fsp3) is 0.278. The van der Waals surface area contributed by atoms with Crippen molar-refractivity contribution in [2.45, 2.75) is 65.2 Å². The number of hydrogen-bond donors (Lipinski definition) is 2. The lowest BCUT2D eigenvalue weighted by Gasteiger charge is -2.09. The molecule has 0 bridgehead atoms. The number of benzene rings is 3. The van der Waals surface area contributed by atoms with E-state index in [1.807, 2.05) is 48.8 Å². The number of anilines is 2. The van der Waals surface area contributed by atoms with Crippen LogP contribution in [0.15, 0.2) is 106 Å². The van der Waals surface area contributed by atoms with Gasteiger partial charge in [0.05, 0.1) is 12.4 Å². The van der Waals surface area contributed by atoms with Crippen LogP contribution in [-0.2, 0) is 0 Å². The summed E-state index contributed by atoms with van der Waals surface area (Å²) in [6, 6.07) is 28.7. The second-order valence-corrected chi connectivity index (χ2v) is 10.4. The Bertz CT molecular complexity index is 1380. The van der Waals surface area contributed by atoms with Gasteiger partial charge in [-0.2, -0.15) is 10.2 Å². The molecule has 0 aliphatic heterocycles. The van der Waals surface area contributed by atoms with E-state index in [2.05, 4.69) is 106 Å². The van der Waals surface area contributed by atoms with Crippen LogP contribution >= 0.6 is 0 Å². The Kier molecular flexibility index (Phi) is 12.5. The summed E-state index contributed by atoms with van der Waals surface area (Å²) < 4.78 is 0. The first-order valence-electron chi connectivity index (χ1n) is 15.1. The lowest BCUT2D eigenvalue weighted by Crippen LogP contribution is -2.02. The van der Waals surface area contributed by atoms with E-state index in [0.717, 1.165) is 36.5 Å². The standard InChI is InChI=1S/C36H42N6/c1-3-5-9-21-31(25-29-17-11-7-12-18-29)27-37-39-35-33-23-15-16-24-34(33)36(42-41-35)40-38-28-32(22-10-6-4-2)26-30-19-13-8-14-20-30/h7-8,11-20,23-28H,3-6,9-10,21-22H2,1-2H3,(H,39,41)(H,40,42)/b31-25-,32-26+,37-27+,38-28+. The topological polar surface area (TPSA) is 74.6 Å². The van der Waals surface area contributed by atoms with E-state index in [0.29, 0.717) is 11.6 Å². The maximum absolute atomic E-state index is 4.55. The second-order valence-electron chi connectivity index (χ2n) is 10.4.